The Morgan fingerprint density at radius 2 is 1.58 bits per heavy atom. The molecule has 2 unspecified atom stereocenters. The lowest BCUT2D eigenvalue weighted by Crippen LogP contribution is -2.48. The Hall–Kier alpha value is -4.28. The maximum Gasteiger partial charge on any atom is 0.253 e. The molecule has 0 radical (unpaired) electrons. The fourth-order valence-corrected chi connectivity index (χ4v) is 4.80. The highest BCUT2D eigenvalue weighted by Gasteiger charge is 2.25. The third-order valence-electron chi connectivity index (χ3n) is 6.94. The first-order valence-electron chi connectivity index (χ1n) is 14.5. The number of rotatable bonds is 16. The second-order valence-corrected chi connectivity index (χ2v) is 10.4. The molecule has 0 saturated heterocycles. The average molecular weight is 593 g/mol. The van der Waals surface area contributed by atoms with E-state index in [4.69, 9.17) is 10.5 Å². The lowest BCUT2D eigenvalue weighted by molar-refractivity contribution is 0.0755. The van der Waals surface area contributed by atoms with Gasteiger partial charge in [0.25, 0.3) is 11.8 Å². The molecule has 9 nitrogen and oxygen atoms in total. The molecule has 0 aliphatic heterocycles. The number of nitrogens with two attached hydrogens (primary N) is 1. The highest BCUT2D eigenvalue weighted by atomic mass is 19.1. The molecule has 2 atom stereocenters. The lowest BCUT2D eigenvalue weighted by atomic mass is 9.99. The first-order valence-corrected chi connectivity index (χ1v) is 14.5. The van der Waals surface area contributed by atoms with Crippen LogP contribution < -0.4 is 21.1 Å². The van der Waals surface area contributed by atoms with Crippen LogP contribution in [0.25, 0.3) is 0 Å². The van der Waals surface area contributed by atoms with Gasteiger partial charge in [-0.3, -0.25) is 14.4 Å². The molecule has 0 aliphatic carbocycles. The van der Waals surface area contributed by atoms with Crippen molar-refractivity contribution in [1.29, 1.82) is 0 Å². The van der Waals surface area contributed by atoms with E-state index in [2.05, 4.69) is 10.6 Å². The molecular weight excluding hydrogens is 551 g/mol. The largest absolute Gasteiger partial charge is 0.497 e. The van der Waals surface area contributed by atoms with Gasteiger partial charge in [-0.15, -0.1) is 0 Å². The number of aliphatic hydroxyl groups is 1. The summed E-state index contributed by atoms with van der Waals surface area (Å²) in [5, 5.41) is 17.2. The Morgan fingerprint density at radius 1 is 0.930 bits per heavy atom. The van der Waals surface area contributed by atoms with E-state index < -0.39 is 29.8 Å². The Labute approximate surface area is 252 Å². The quantitative estimate of drug-likeness (QED) is 0.201. The topological polar surface area (TPSA) is 134 Å². The molecule has 5 N–H and O–H groups in total. The van der Waals surface area contributed by atoms with Crippen molar-refractivity contribution < 1.29 is 28.6 Å². The number of carbonyl (C=O) groups excluding carboxylic acids is 3. The summed E-state index contributed by atoms with van der Waals surface area (Å²) in [5.41, 5.74) is 7.31. The van der Waals surface area contributed by atoms with E-state index in [1.54, 1.807) is 24.1 Å². The number of amides is 3. The molecule has 3 aromatic rings. The summed E-state index contributed by atoms with van der Waals surface area (Å²) in [6.45, 7) is 5.53. The Morgan fingerprint density at radius 3 is 2.23 bits per heavy atom. The summed E-state index contributed by atoms with van der Waals surface area (Å²) in [7, 11) is 1.58. The molecule has 0 heterocycles. The monoisotopic (exact) mass is 592 g/mol. The van der Waals surface area contributed by atoms with Crippen molar-refractivity contribution >= 4 is 17.7 Å². The van der Waals surface area contributed by atoms with Gasteiger partial charge in [-0.25, -0.2) is 4.39 Å². The minimum absolute atomic E-state index is 0.0196. The number of hydrogen-bond acceptors (Lipinski definition) is 6. The van der Waals surface area contributed by atoms with Crippen LogP contribution in [0.2, 0.25) is 0 Å². The summed E-state index contributed by atoms with van der Waals surface area (Å²) >= 11 is 0. The molecule has 3 amide bonds. The minimum Gasteiger partial charge on any atom is -0.497 e. The summed E-state index contributed by atoms with van der Waals surface area (Å²) in [6, 6.07) is 16.7. The smallest absolute Gasteiger partial charge is 0.253 e. The summed E-state index contributed by atoms with van der Waals surface area (Å²) in [5.74, 6) is -1.42. The van der Waals surface area contributed by atoms with Gasteiger partial charge < -0.3 is 31.1 Å². The summed E-state index contributed by atoms with van der Waals surface area (Å²) in [4.78, 5) is 40.6. The summed E-state index contributed by atoms with van der Waals surface area (Å²) in [6.07, 6.45) is 0.566. The van der Waals surface area contributed by atoms with Crippen molar-refractivity contribution in [2.45, 2.75) is 51.8 Å². The first kappa shape index (κ1) is 33.2. The van der Waals surface area contributed by atoms with Gasteiger partial charge in [0, 0.05) is 42.9 Å². The molecule has 3 rings (SSSR count). The fourth-order valence-electron chi connectivity index (χ4n) is 4.80. The van der Waals surface area contributed by atoms with E-state index in [1.165, 1.54) is 30.3 Å². The van der Waals surface area contributed by atoms with Crippen LogP contribution in [0.1, 0.15) is 68.9 Å². The van der Waals surface area contributed by atoms with Crippen LogP contribution in [0, 0.1) is 5.82 Å². The molecule has 43 heavy (non-hydrogen) atoms. The molecule has 3 aromatic carbocycles. The Bertz CT molecular complexity index is 1390. The highest BCUT2D eigenvalue weighted by molar-refractivity contribution is 6.04. The van der Waals surface area contributed by atoms with Crippen LogP contribution in [-0.4, -0.2) is 66.6 Å². The van der Waals surface area contributed by atoms with Gasteiger partial charge in [0.1, 0.15) is 11.6 Å². The third-order valence-corrected chi connectivity index (χ3v) is 6.94. The van der Waals surface area contributed by atoms with Crippen molar-refractivity contribution in [1.82, 2.24) is 15.5 Å². The van der Waals surface area contributed by atoms with Gasteiger partial charge in [-0.05, 0) is 72.9 Å². The number of benzene rings is 3. The lowest BCUT2D eigenvalue weighted by Gasteiger charge is -2.25. The number of nitrogens with zero attached hydrogens (tertiary/aromatic N) is 1. The Balaban J connectivity index is 1.84. The van der Waals surface area contributed by atoms with Gasteiger partial charge in [0.05, 0.1) is 19.3 Å². The van der Waals surface area contributed by atoms with Crippen molar-refractivity contribution in [3.8, 4) is 5.75 Å². The number of aliphatic hydroxyl groups excluding tert-OH is 1. The van der Waals surface area contributed by atoms with Crippen LogP contribution in [0.15, 0.2) is 66.7 Å². The molecule has 0 aromatic heterocycles. The molecule has 0 bridgehead atoms. The van der Waals surface area contributed by atoms with E-state index in [1.807, 2.05) is 38.1 Å². The average Bonchev–Trinajstić information content (AvgIpc) is 3.00. The zero-order valence-corrected chi connectivity index (χ0v) is 24.9. The normalized spacial score (nSPS) is 12.3. The predicted molar refractivity (Wildman–Crippen MR) is 164 cm³/mol. The SMILES string of the molecule is CCCN(CCC)C(=O)c1cc(C(N)=O)cc(C(=O)NC(Cc2cccc(F)c2)C(O)CNCc2cccc(OC)c2)c1. The van der Waals surface area contributed by atoms with Crippen LogP contribution in [0.4, 0.5) is 4.39 Å². The molecule has 0 spiro atoms. The zero-order valence-electron chi connectivity index (χ0n) is 24.9. The predicted octanol–water partition coefficient (Wildman–Crippen LogP) is 3.69. The van der Waals surface area contributed by atoms with E-state index in [-0.39, 0.29) is 35.6 Å². The van der Waals surface area contributed by atoms with Gasteiger partial charge in [-0.2, -0.15) is 0 Å². The number of halogens is 1. The van der Waals surface area contributed by atoms with Crippen LogP contribution >= 0.6 is 0 Å². The number of carbonyl (C=O) groups is 3. The standard InChI is InChI=1S/C33H41FN4O5/c1-4-12-38(13-5-2)33(42)26-18-24(31(35)40)17-25(19-26)32(41)37-29(16-22-8-6-10-27(34)14-22)30(39)21-36-20-23-9-7-11-28(15-23)43-3/h6-11,14-15,17-19,29-30,36,39H,4-5,12-13,16,20-21H2,1-3H3,(H2,35,40)(H,37,41). The maximum absolute atomic E-state index is 14.0. The van der Waals surface area contributed by atoms with Crippen molar-refractivity contribution in [3.05, 3.63) is 100 Å². The maximum atomic E-state index is 14.0. The molecule has 0 aliphatic rings. The number of ether oxygens (including phenoxy) is 1. The van der Waals surface area contributed by atoms with Crippen LogP contribution in [0.5, 0.6) is 5.75 Å². The highest BCUT2D eigenvalue weighted by Crippen LogP contribution is 2.16. The third kappa shape index (κ3) is 9.90. The number of nitrogens with one attached hydrogen (secondary N) is 2. The first-order chi connectivity index (χ1) is 20.6. The molecule has 230 valence electrons. The molecular formula is C33H41FN4O5. The van der Waals surface area contributed by atoms with E-state index in [0.717, 1.165) is 18.4 Å². The fraction of sp³-hybridized carbons (Fsp3) is 0.364. The number of hydrogen-bond donors (Lipinski definition) is 4. The number of methoxy groups -OCH3 is 1. The molecule has 0 fully saturated rings. The minimum atomic E-state index is -1.07. The van der Waals surface area contributed by atoms with Gasteiger partial charge in [0.2, 0.25) is 5.91 Å². The Kier molecular flexibility index (Phi) is 12.7. The van der Waals surface area contributed by atoms with E-state index >= 15 is 0 Å². The van der Waals surface area contributed by atoms with Crippen LogP contribution in [-0.2, 0) is 13.0 Å². The van der Waals surface area contributed by atoms with Gasteiger partial charge >= 0.3 is 0 Å². The van der Waals surface area contributed by atoms with Crippen LogP contribution in [0.3, 0.4) is 0 Å². The van der Waals surface area contributed by atoms with Gasteiger partial charge in [0.15, 0.2) is 0 Å². The number of primary amides is 1. The van der Waals surface area contributed by atoms with Crippen molar-refractivity contribution in [3.63, 3.8) is 0 Å². The molecule has 10 heteroatoms. The van der Waals surface area contributed by atoms with E-state index in [9.17, 15) is 23.9 Å². The second kappa shape index (κ2) is 16.4. The van der Waals surface area contributed by atoms with E-state index in [0.29, 0.717) is 30.9 Å². The van der Waals surface area contributed by atoms with Crippen molar-refractivity contribution in [2.24, 2.45) is 5.73 Å². The second-order valence-electron chi connectivity index (χ2n) is 10.4. The van der Waals surface area contributed by atoms with Gasteiger partial charge in [-0.1, -0.05) is 38.1 Å². The molecule has 0 saturated carbocycles. The zero-order chi connectivity index (χ0) is 31.4. The summed E-state index contributed by atoms with van der Waals surface area (Å²) < 4.78 is 19.2. The van der Waals surface area contributed by atoms with Crippen molar-refractivity contribution in [2.75, 3.05) is 26.7 Å².